The first kappa shape index (κ1) is 23.7. The van der Waals surface area contributed by atoms with Crippen LogP contribution in [0.4, 0.5) is 29.1 Å². The molecule has 0 atom stereocenters. The highest BCUT2D eigenvalue weighted by atomic mass is 19.2. The van der Waals surface area contributed by atoms with Crippen molar-refractivity contribution in [2.45, 2.75) is 19.3 Å². The summed E-state index contributed by atoms with van der Waals surface area (Å²) in [5, 5.41) is 2.73. The van der Waals surface area contributed by atoms with Crippen molar-refractivity contribution in [1.82, 2.24) is 10.3 Å². The number of amides is 1. The number of ether oxygens (including phenoxy) is 1. The fourth-order valence-corrected chi connectivity index (χ4v) is 4.11. The van der Waals surface area contributed by atoms with Gasteiger partial charge in [-0.25, -0.2) is 22.5 Å². The van der Waals surface area contributed by atoms with Crippen molar-refractivity contribution >= 4 is 17.4 Å². The number of anilines is 2. The van der Waals surface area contributed by atoms with Crippen molar-refractivity contribution in [3.8, 4) is 0 Å². The number of rotatable bonds is 8. The summed E-state index contributed by atoms with van der Waals surface area (Å²) < 4.78 is 60.0. The van der Waals surface area contributed by atoms with Gasteiger partial charge in [0.25, 0.3) is 5.91 Å². The molecule has 0 fully saturated rings. The van der Waals surface area contributed by atoms with E-state index in [9.17, 15) is 22.4 Å². The SMILES string of the molecule is COCCCNC(=O)c1c(F)ccc2c1CCN2c1cc(Cc2cc(F)c(F)c(F)c2)ccn1. The van der Waals surface area contributed by atoms with E-state index in [4.69, 9.17) is 4.74 Å². The third-order valence-electron chi connectivity index (χ3n) is 5.69. The maximum absolute atomic E-state index is 14.6. The normalized spacial score (nSPS) is 12.7. The number of fused-ring (bicyclic) bond motifs is 1. The van der Waals surface area contributed by atoms with E-state index in [-0.39, 0.29) is 17.5 Å². The van der Waals surface area contributed by atoms with Gasteiger partial charge >= 0.3 is 0 Å². The molecule has 0 radical (unpaired) electrons. The second kappa shape index (κ2) is 10.2. The number of nitrogens with one attached hydrogen (secondary N) is 1. The molecule has 1 aromatic heterocycles. The summed E-state index contributed by atoms with van der Waals surface area (Å²) in [5.41, 5.74) is 2.28. The van der Waals surface area contributed by atoms with Gasteiger partial charge in [0.05, 0.1) is 5.56 Å². The summed E-state index contributed by atoms with van der Waals surface area (Å²) in [5.74, 6) is -4.50. The summed E-state index contributed by atoms with van der Waals surface area (Å²) >= 11 is 0. The molecule has 0 aliphatic carbocycles. The zero-order valence-electron chi connectivity index (χ0n) is 18.5. The summed E-state index contributed by atoms with van der Waals surface area (Å²) in [4.78, 5) is 18.9. The van der Waals surface area contributed by atoms with Crippen molar-refractivity contribution < 1.29 is 27.1 Å². The van der Waals surface area contributed by atoms with Crippen LogP contribution in [0, 0.1) is 23.3 Å². The van der Waals surface area contributed by atoms with E-state index in [0.717, 1.165) is 12.1 Å². The molecule has 2 heterocycles. The molecule has 0 spiro atoms. The predicted octanol–water partition coefficient (Wildman–Crippen LogP) is 4.69. The maximum Gasteiger partial charge on any atom is 0.254 e. The average molecular weight is 473 g/mol. The van der Waals surface area contributed by atoms with E-state index in [2.05, 4.69) is 10.3 Å². The Bertz CT molecular complexity index is 1200. The van der Waals surface area contributed by atoms with Gasteiger partial charge in [0, 0.05) is 38.7 Å². The summed E-state index contributed by atoms with van der Waals surface area (Å²) in [7, 11) is 1.57. The van der Waals surface area contributed by atoms with Crippen LogP contribution in [0.3, 0.4) is 0 Å². The van der Waals surface area contributed by atoms with Gasteiger partial charge in [-0.1, -0.05) is 0 Å². The summed E-state index contributed by atoms with van der Waals surface area (Å²) in [6, 6.07) is 8.24. The molecular weight excluding hydrogens is 450 g/mol. The van der Waals surface area contributed by atoms with Crippen LogP contribution in [0.5, 0.6) is 0 Å². The second-order valence-electron chi connectivity index (χ2n) is 8.00. The van der Waals surface area contributed by atoms with E-state index in [0.29, 0.717) is 55.2 Å². The monoisotopic (exact) mass is 473 g/mol. The van der Waals surface area contributed by atoms with Crippen LogP contribution in [0.1, 0.15) is 33.5 Å². The Morgan fingerprint density at radius 2 is 1.82 bits per heavy atom. The molecular formula is C25H23F4N3O2. The number of aromatic nitrogens is 1. The molecule has 4 rings (SSSR count). The highest BCUT2D eigenvalue weighted by molar-refractivity contribution is 5.98. The number of pyridine rings is 1. The highest BCUT2D eigenvalue weighted by Crippen LogP contribution is 2.37. The minimum absolute atomic E-state index is 0.0193. The molecule has 0 saturated carbocycles. The molecule has 2 aromatic carbocycles. The molecule has 9 heteroatoms. The Morgan fingerprint density at radius 3 is 2.56 bits per heavy atom. The third kappa shape index (κ3) is 4.89. The predicted molar refractivity (Wildman–Crippen MR) is 119 cm³/mol. The fourth-order valence-electron chi connectivity index (χ4n) is 4.11. The van der Waals surface area contributed by atoms with Crippen LogP contribution in [-0.4, -0.2) is 37.7 Å². The lowest BCUT2D eigenvalue weighted by Gasteiger charge is -2.20. The molecule has 1 N–H and O–H groups in total. The van der Waals surface area contributed by atoms with Crippen molar-refractivity contribution in [2.75, 3.05) is 31.7 Å². The second-order valence-corrected chi connectivity index (χ2v) is 8.00. The first-order valence-electron chi connectivity index (χ1n) is 10.8. The zero-order chi connectivity index (χ0) is 24.2. The minimum Gasteiger partial charge on any atom is -0.385 e. The third-order valence-corrected chi connectivity index (χ3v) is 5.69. The van der Waals surface area contributed by atoms with Crippen molar-refractivity contribution in [3.05, 3.63) is 88.1 Å². The molecule has 1 amide bonds. The molecule has 3 aromatic rings. The quantitative estimate of drug-likeness (QED) is 0.293. The number of methoxy groups -OCH3 is 1. The van der Waals surface area contributed by atoms with E-state index in [1.165, 1.54) is 6.07 Å². The summed E-state index contributed by atoms with van der Waals surface area (Å²) in [6.07, 6.45) is 2.80. The number of hydrogen-bond donors (Lipinski definition) is 1. The maximum atomic E-state index is 14.6. The van der Waals surface area contributed by atoms with E-state index in [1.807, 2.05) is 4.90 Å². The Morgan fingerprint density at radius 1 is 1.06 bits per heavy atom. The lowest BCUT2D eigenvalue weighted by Crippen LogP contribution is -2.27. The number of hydrogen-bond acceptors (Lipinski definition) is 4. The number of halogens is 4. The highest BCUT2D eigenvalue weighted by Gasteiger charge is 2.28. The topological polar surface area (TPSA) is 54.5 Å². The number of nitrogens with zero attached hydrogens (tertiary/aromatic N) is 2. The van der Waals surface area contributed by atoms with Gasteiger partial charge < -0.3 is 15.0 Å². The van der Waals surface area contributed by atoms with E-state index < -0.39 is 29.2 Å². The van der Waals surface area contributed by atoms with Crippen LogP contribution < -0.4 is 10.2 Å². The van der Waals surface area contributed by atoms with Crippen molar-refractivity contribution in [1.29, 1.82) is 0 Å². The van der Waals surface area contributed by atoms with Crippen molar-refractivity contribution in [2.24, 2.45) is 0 Å². The lowest BCUT2D eigenvalue weighted by atomic mass is 10.0. The smallest absolute Gasteiger partial charge is 0.254 e. The van der Waals surface area contributed by atoms with Gasteiger partial charge in [0.2, 0.25) is 0 Å². The van der Waals surface area contributed by atoms with Gasteiger partial charge in [-0.3, -0.25) is 4.79 Å². The standard InChI is InChI=1S/C25H23F4N3O2/c1-34-10-2-7-31-25(33)23-17-6-9-32(21(17)4-3-18(23)26)22-14-15(5-8-30-22)11-16-12-19(27)24(29)20(28)13-16/h3-5,8,12-14H,2,6-7,9-11H2,1H3,(H,31,33). The Balaban J connectivity index is 1.57. The first-order chi connectivity index (χ1) is 16.4. The van der Waals surface area contributed by atoms with Crippen molar-refractivity contribution in [3.63, 3.8) is 0 Å². The molecule has 34 heavy (non-hydrogen) atoms. The molecule has 0 bridgehead atoms. The van der Waals surface area contributed by atoms with Crippen LogP contribution in [-0.2, 0) is 17.6 Å². The van der Waals surface area contributed by atoms with E-state index in [1.54, 1.807) is 31.5 Å². The van der Waals surface area contributed by atoms with Gasteiger partial charge in [0.15, 0.2) is 17.5 Å². The lowest BCUT2D eigenvalue weighted by molar-refractivity contribution is 0.0944. The molecule has 178 valence electrons. The minimum atomic E-state index is -1.50. The number of carbonyl (C=O) groups excluding carboxylic acids is 1. The van der Waals surface area contributed by atoms with Crippen LogP contribution >= 0.6 is 0 Å². The van der Waals surface area contributed by atoms with Gasteiger partial charge in [0.1, 0.15) is 11.6 Å². The first-order valence-corrected chi connectivity index (χ1v) is 10.8. The number of carbonyl (C=O) groups is 1. The van der Waals surface area contributed by atoms with Crippen LogP contribution in [0.2, 0.25) is 0 Å². The fraction of sp³-hybridized carbons (Fsp3) is 0.280. The van der Waals surface area contributed by atoms with E-state index >= 15 is 0 Å². The Hall–Kier alpha value is -3.46. The average Bonchev–Trinajstić information content (AvgIpc) is 3.24. The van der Waals surface area contributed by atoms with Crippen LogP contribution in [0.25, 0.3) is 0 Å². The molecule has 1 aliphatic rings. The molecule has 1 aliphatic heterocycles. The van der Waals surface area contributed by atoms with Gasteiger partial charge in [-0.05, 0) is 72.4 Å². The van der Waals surface area contributed by atoms with Crippen LogP contribution in [0.15, 0.2) is 42.6 Å². The zero-order valence-corrected chi connectivity index (χ0v) is 18.5. The summed E-state index contributed by atoms with van der Waals surface area (Å²) in [6.45, 7) is 1.34. The Kier molecular flexibility index (Phi) is 7.12. The Labute approximate surface area is 194 Å². The van der Waals surface area contributed by atoms with Gasteiger partial charge in [-0.15, -0.1) is 0 Å². The molecule has 0 saturated heterocycles. The molecule has 0 unspecified atom stereocenters. The van der Waals surface area contributed by atoms with Gasteiger partial charge in [-0.2, -0.15) is 0 Å². The largest absolute Gasteiger partial charge is 0.385 e. The molecule has 5 nitrogen and oxygen atoms in total. The number of benzene rings is 2.